The molecule has 2 rings (SSSR count). The number of carbonyl (C=O) groups excluding carboxylic acids is 1. The van der Waals surface area contributed by atoms with Crippen LogP contribution in [0.25, 0.3) is 0 Å². The minimum Gasteiger partial charge on any atom is -0.478 e. The molecule has 23 heavy (non-hydrogen) atoms. The van der Waals surface area contributed by atoms with Gasteiger partial charge in [0.25, 0.3) is 5.91 Å². The minimum absolute atomic E-state index is 0.00959. The summed E-state index contributed by atoms with van der Waals surface area (Å²) in [7, 11) is -3.07. The highest BCUT2D eigenvalue weighted by Gasteiger charge is 2.34. The normalized spacial score (nSPS) is 19.4. The van der Waals surface area contributed by atoms with Gasteiger partial charge in [-0.2, -0.15) is 0 Å². The highest BCUT2D eigenvalue weighted by atomic mass is 32.2. The maximum absolute atomic E-state index is 12.7. The number of sulfone groups is 1. The molecule has 1 aromatic carbocycles. The number of hydrogen-bond acceptors (Lipinski definition) is 4. The Labute approximate surface area is 136 Å². The van der Waals surface area contributed by atoms with Gasteiger partial charge in [-0.3, -0.25) is 4.79 Å². The van der Waals surface area contributed by atoms with Crippen LogP contribution in [0.4, 0.5) is 0 Å². The van der Waals surface area contributed by atoms with E-state index < -0.39 is 15.8 Å². The van der Waals surface area contributed by atoms with Crippen molar-refractivity contribution in [3.8, 4) is 0 Å². The van der Waals surface area contributed by atoms with E-state index in [9.17, 15) is 18.0 Å². The van der Waals surface area contributed by atoms with Gasteiger partial charge in [-0.1, -0.05) is 13.3 Å². The van der Waals surface area contributed by atoms with Gasteiger partial charge in [-0.25, -0.2) is 13.2 Å². The van der Waals surface area contributed by atoms with Crippen LogP contribution in [0.1, 0.15) is 46.9 Å². The lowest BCUT2D eigenvalue weighted by Crippen LogP contribution is -2.41. The molecule has 1 atom stereocenters. The first-order chi connectivity index (χ1) is 10.8. The molecule has 1 N–H and O–H groups in total. The van der Waals surface area contributed by atoms with E-state index >= 15 is 0 Å². The highest BCUT2D eigenvalue weighted by Crippen LogP contribution is 2.21. The van der Waals surface area contributed by atoms with Gasteiger partial charge >= 0.3 is 5.97 Å². The Morgan fingerprint density at radius 3 is 2.30 bits per heavy atom. The number of hydrogen-bond donors (Lipinski definition) is 1. The Morgan fingerprint density at radius 2 is 1.83 bits per heavy atom. The fourth-order valence-corrected chi connectivity index (χ4v) is 4.45. The largest absolute Gasteiger partial charge is 0.478 e. The molecule has 1 aliphatic heterocycles. The molecule has 7 heteroatoms. The van der Waals surface area contributed by atoms with Crippen LogP contribution in [0.2, 0.25) is 0 Å². The lowest BCUT2D eigenvalue weighted by atomic mass is 10.1. The van der Waals surface area contributed by atoms with Gasteiger partial charge in [-0.05, 0) is 37.1 Å². The first kappa shape index (κ1) is 17.5. The minimum atomic E-state index is -3.07. The molecule has 1 aliphatic rings. The number of carbonyl (C=O) groups is 2. The predicted octanol–water partition coefficient (Wildman–Crippen LogP) is 1.81. The van der Waals surface area contributed by atoms with E-state index in [0.717, 1.165) is 12.8 Å². The van der Waals surface area contributed by atoms with E-state index in [2.05, 4.69) is 0 Å². The number of benzene rings is 1. The van der Waals surface area contributed by atoms with Crippen molar-refractivity contribution >= 4 is 21.7 Å². The zero-order chi connectivity index (χ0) is 17.0. The number of carboxylic acids is 1. The fourth-order valence-electron chi connectivity index (χ4n) is 2.72. The molecule has 6 nitrogen and oxygen atoms in total. The SMILES string of the molecule is CCCCN(C(=O)c1ccc(C(=O)O)cc1)C1CCS(=O)(=O)C1. The Balaban J connectivity index is 2.20. The van der Waals surface area contributed by atoms with Gasteiger partial charge in [-0.15, -0.1) is 0 Å². The summed E-state index contributed by atoms with van der Waals surface area (Å²) in [5, 5.41) is 8.91. The molecule has 1 amide bonds. The summed E-state index contributed by atoms with van der Waals surface area (Å²) in [4.78, 5) is 25.2. The zero-order valence-electron chi connectivity index (χ0n) is 13.1. The molecular weight excluding hydrogens is 318 g/mol. The molecule has 1 unspecified atom stereocenters. The van der Waals surface area contributed by atoms with Crippen LogP contribution in [-0.2, 0) is 9.84 Å². The average molecular weight is 339 g/mol. The van der Waals surface area contributed by atoms with E-state index in [-0.39, 0.29) is 29.0 Å². The number of amides is 1. The smallest absolute Gasteiger partial charge is 0.335 e. The van der Waals surface area contributed by atoms with Crippen LogP contribution in [0, 0.1) is 0 Å². The molecule has 0 saturated carbocycles. The molecule has 0 radical (unpaired) electrons. The van der Waals surface area contributed by atoms with Crippen molar-refractivity contribution in [2.24, 2.45) is 0 Å². The number of unbranched alkanes of at least 4 members (excludes halogenated alkanes) is 1. The van der Waals surface area contributed by atoms with Crippen molar-refractivity contribution in [2.45, 2.75) is 32.2 Å². The zero-order valence-corrected chi connectivity index (χ0v) is 13.9. The summed E-state index contributed by atoms with van der Waals surface area (Å²) < 4.78 is 23.4. The number of rotatable bonds is 6. The second-order valence-electron chi connectivity index (χ2n) is 5.79. The van der Waals surface area contributed by atoms with E-state index in [4.69, 9.17) is 5.11 Å². The standard InChI is InChI=1S/C16H21NO5S/c1-2-3-9-17(14-8-10-23(21,22)11-14)15(18)12-4-6-13(7-5-12)16(19)20/h4-7,14H,2-3,8-11H2,1H3,(H,19,20). The maximum Gasteiger partial charge on any atom is 0.335 e. The molecule has 1 fully saturated rings. The lowest BCUT2D eigenvalue weighted by molar-refractivity contribution is 0.0681. The Kier molecular flexibility index (Phi) is 5.41. The third-order valence-electron chi connectivity index (χ3n) is 4.04. The molecule has 126 valence electrons. The summed E-state index contributed by atoms with van der Waals surface area (Å²) in [6.45, 7) is 2.52. The van der Waals surface area contributed by atoms with Gasteiger partial charge in [0.1, 0.15) is 0 Å². The van der Waals surface area contributed by atoms with Crippen LogP contribution in [0.3, 0.4) is 0 Å². The summed E-state index contributed by atoms with van der Waals surface area (Å²) in [5.41, 5.74) is 0.500. The van der Waals surface area contributed by atoms with Crippen molar-refractivity contribution < 1.29 is 23.1 Å². The molecular formula is C16H21NO5S. The monoisotopic (exact) mass is 339 g/mol. The molecule has 1 saturated heterocycles. The summed E-state index contributed by atoms with van der Waals surface area (Å²) in [6, 6.07) is 5.44. The molecule has 0 bridgehead atoms. The number of aromatic carboxylic acids is 1. The quantitative estimate of drug-likeness (QED) is 0.853. The molecule has 0 aliphatic carbocycles. The molecule has 0 spiro atoms. The van der Waals surface area contributed by atoms with E-state index in [1.165, 1.54) is 24.3 Å². The van der Waals surface area contributed by atoms with Crippen molar-refractivity contribution in [1.82, 2.24) is 4.90 Å². The van der Waals surface area contributed by atoms with Crippen molar-refractivity contribution in [3.05, 3.63) is 35.4 Å². The Morgan fingerprint density at radius 1 is 1.22 bits per heavy atom. The second-order valence-corrected chi connectivity index (χ2v) is 8.02. The van der Waals surface area contributed by atoms with Crippen molar-refractivity contribution in [3.63, 3.8) is 0 Å². The molecule has 1 aromatic rings. The Bertz CT molecular complexity index is 681. The molecule has 1 heterocycles. The van der Waals surface area contributed by atoms with Crippen LogP contribution < -0.4 is 0 Å². The van der Waals surface area contributed by atoms with Gasteiger partial charge in [0.15, 0.2) is 9.84 Å². The maximum atomic E-state index is 12.7. The summed E-state index contributed by atoms with van der Waals surface area (Å²) in [6.07, 6.45) is 2.17. The van der Waals surface area contributed by atoms with Gasteiger partial charge < -0.3 is 10.0 Å². The number of carboxylic acid groups (broad SMARTS) is 1. The van der Waals surface area contributed by atoms with Crippen LogP contribution in [-0.4, -0.2) is 54.4 Å². The second kappa shape index (κ2) is 7.12. The van der Waals surface area contributed by atoms with E-state index in [1.54, 1.807) is 4.90 Å². The van der Waals surface area contributed by atoms with Crippen molar-refractivity contribution in [2.75, 3.05) is 18.1 Å². The van der Waals surface area contributed by atoms with Crippen molar-refractivity contribution in [1.29, 1.82) is 0 Å². The number of nitrogens with zero attached hydrogens (tertiary/aromatic N) is 1. The highest BCUT2D eigenvalue weighted by molar-refractivity contribution is 7.91. The summed E-state index contributed by atoms with van der Waals surface area (Å²) in [5.74, 6) is -1.16. The first-order valence-electron chi connectivity index (χ1n) is 7.69. The van der Waals surface area contributed by atoms with Crippen LogP contribution in [0.15, 0.2) is 24.3 Å². The summed E-state index contributed by atoms with van der Waals surface area (Å²) >= 11 is 0. The fraction of sp³-hybridized carbons (Fsp3) is 0.500. The molecule has 0 aromatic heterocycles. The van der Waals surface area contributed by atoms with Gasteiger partial charge in [0, 0.05) is 18.2 Å². The first-order valence-corrected chi connectivity index (χ1v) is 9.51. The predicted molar refractivity (Wildman–Crippen MR) is 86.4 cm³/mol. The average Bonchev–Trinajstić information content (AvgIpc) is 2.87. The third kappa shape index (κ3) is 4.31. The lowest BCUT2D eigenvalue weighted by Gasteiger charge is -2.28. The van der Waals surface area contributed by atoms with Crippen LogP contribution >= 0.6 is 0 Å². The Hall–Kier alpha value is -1.89. The van der Waals surface area contributed by atoms with E-state index in [0.29, 0.717) is 18.5 Å². The van der Waals surface area contributed by atoms with Crippen LogP contribution in [0.5, 0.6) is 0 Å². The van der Waals surface area contributed by atoms with E-state index in [1.807, 2.05) is 6.92 Å². The third-order valence-corrected chi connectivity index (χ3v) is 5.79. The van der Waals surface area contributed by atoms with Gasteiger partial charge in [0.2, 0.25) is 0 Å². The van der Waals surface area contributed by atoms with Gasteiger partial charge in [0.05, 0.1) is 17.1 Å². The topological polar surface area (TPSA) is 91.8 Å².